The molecule has 0 bridgehead atoms. The van der Waals surface area contributed by atoms with Gasteiger partial charge in [0, 0.05) is 31.9 Å². The van der Waals surface area contributed by atoms with Crippen molar-refractivity contribution in [3.05, 3.63) is 41.4 Å². The van der Waals surface area contributed by atoms with E-state index in [2.05, 4.69) is 30.2 Å². The number of nitrogens with one attached hydrogen (secondary N) is 1. The number of carbonyl (C=O) groups excluding carboxylic acids is 1. The molecule has 0 radical (unpaired) electrons. The Morgan fingerprint density at radius 2 is 2.17 bits per heavy atom. The largest absolute Gasteiger partial charge is 0.382 e. The average molecular weight is 413 g/mol. The molecule has 29 heavy (non-hydrogen) atoms. The molecule has 0 saturated carbocycles. The van der Waals surface area contributed by atoms with Gasteiger partial charge in [0.1, 0.15) is 16.4 Å². The molecule has 0 aromatic carbocycles. The summed E-state index contributed by atoms with van der Waals surface area (Å²) in [6.45, 7) is 4.11. The number of carbonyl (C=O) groups is 1. The van der Waals surface area contributed by atoms with Gasteiger partial charge in [0.25, 0.3) is 5.91 Å². The van der Waals surface area contributed by atoms with Crippen LogP contribution in [0, 0.1) is 0 Å². The lowest BCUT2D eigenvalue weighted by Crippen LogP contribution is -2.50. The van der Waals surface area contributed by atoms with Gasteiger partial charge in [0.2, 0.25) is 0 Å². The Labute approximate surface area is 172 Å². The molecule has 3 aromatic heterocycles. The van der Waals surface area contributed by atoms with Gasteiger partial charge in [-0.05, 0) is 25.5 Å². The minimum absolute atomic E-state index is 0.158. The number of aromatic nitrogens is 4. The van der Waals surface area contributed by atoms with Crippen LogP contribution in [0.1, 0.15) is 23.2 Å². The lowest BCUT2D eigenvalue weighted by molar-refractivity contribution is 0.102. The molecular weight excluding hydrogens is 392 g/mol. The maximum Gasteiger partial charge on any atom is 0.261 e. The van der Waals surface area contributed by atoms with Crippen LogP contribution in [0.15, 0.2) is 30.9 Å². The summed E-state index contributed by atoms with van der Waals surface area (Å²) in [6, 6.07) is 2.53. The van der Waals surface area contributed by atoms with Crippen LogP contribution < -0.4 is 16.0 Å². The summed E-state index contributed by atoms with van der Waals surface area (Å²) in [5.41, 5.74) is 8.12. The number of nitrogens with two attached hydrogens (primary N) is 1. The number of nitrogen functional groups attached to an aromatic ring is 1. The molecule has 2 aliphatic heterocycles. The Balaban J connectivity index is 1.41. The highest BCUT2D eigenvalue weighted by atomic mass is 35.5. The number of rotatable bonds is 3. The quantitative estimate of drug-likeness (QED) is 0.676. The molecule has 0 spiro atoms. The molecule has 3 aromatic rings. The second kappa shape index (κ2) is 7.16. The molecule has 5 rings (SSSR count). The van der Waals surface area contributed by atoms with Gasteiger partial charge in [-0.2, -0.15) is 5.10 Å². The summed E-state index contributed by atoms with van der Waals surface area (Å²) in [7, 11) is 0. The molecule has 3 N–H and O–H groups in total. The van der Waals surface area contributed by atoms with Crippen molar-refractivity contribution in [3.63, 3.8) is 0 Å². The normalized spacial score (nSPS) is 19.5. The molecule has 5 heterocycles. The summed E-state index contributed by atoms with van der Waals surface area (Å²) >= 11 is 5.99. The van der Waals surface area contributed by atoms with Crippen LogP contribution in [0.5, 0.6) is 0 Å². The van der Waals surface area contributed by atoms with Gasteiger partial charge in [-0.3, -0.25) is 14.7 Å². The maximum absolute atomic E-state index is 13.0. The third kappa shape index (κ3) is 3.26. The van der Waals surface area contributed by atoms with Crippen molar-refractivity contribution in [1.82, 2.24) is 24.5 Å². The molecule has 2 aliphatic rings. The van der Waals surface area contributed by atoms with Crippen molar-refractivity contribution in [2.75, 3.05) is 42.1 Å². The Morgan fingerprint density at radius 1 is 1.28 bits per heavy atom. The minimum atomic E-state index is -0.317. The fourth-order valence-corrected chi connectivity index (χ4v) is 4.36. The van der Waals surface area contributed by atoms with Gasteiger partial charge in [-0.25, -0.2) is 9.50 Å². The number of hydrogen-bond acceptors (Lipinski definition) is 7. The van der Waals surface area contributed by atoms with Crippen molar-refractivity contribution >= 4 is 40.3 Å². The van der Waals surface area contributed by atoms with E-state index in [1.807, 2.05) is 6.07 Å². The van der Waals surface area contributed by atoms with Crippen molar-refractivity contribution in [3.8, 4) is 0 Å². The molecule has 9 nitrogen and oxygen atoms in total. The zero-order valence-corrected chi connectivity index (χ0v) is 16.5. The van der Waals surface area contributed by atoms with Gasteiger partial charge >= 0.3 is 0 Å². The first-order valence-electron chi connectivity index (χ1n) is 9.64. The van der Waals surface area contributed by atoms with Crippen molar-refractivity contribution in [2.24, 2.45) is 0 Å². The summed E-state index contributed by atoms with van der Waals surface area (Å²) in [5, 5.41) is 7.41. The van der Waals surface area contributed by atoms with Crippen LogP contribution in [0.3, 0.4) is 0 Å². The highest BCUT2D eigenvalue weighted by molar-refractivity contribution is 6.32. The van der Waals surface area contributed by atoms with Crippen molar-refractivity contribution < 1.29 is 4.79 Å². The number of hydrogen-bond donors (Lipinski definition) is 2. The standard InChI is InChI=1S/C19H21ClN8O/c20-14-11-28-18(25-17(14)21)13(8-23-28)19(29)24-15-9-22-4-3-16(15)27-7-6-26-5-1-2-12(26)10-27/h3-4,8-9,11-12H,1-2,5-7,10H2,(H2,21,25)(H,24,29). The van der Waals surface area contributed by atoms with Gasteiger partial charge in [-0.1, -0.05) is 11.6 Å². The molecule has 1 atom stereocenters. The van der Waals surface area contributed by atoms with Crippen LogP contribution in [0.2, 0.25) is 5.02 Å². The third-order valence-corrected chi connectivity index (χ3v) is 5.99. The van der Waals surface area contributed by atoms with Crippen molar-refractivity contribution in [2.45, 2.75) is 18.9 Å². The molecule has 2 saturated heterocycles. The number of fused-ring (bicyclic) bond motifs is 2. The highest BCUT2D eigenvalue weighted by Gasteiger charge is 2.31. The number of amides is 1. The number of nitrogens with zero attached hydrogens (tertiary/aromatic N) is 6. The Morgan fingerprint density at radius 3 is 3.07 bits per heavy atom. The number of piperazine rings is 1. The second-order valence-electron chi connectivity index (χ2n) is 7.43. The molecule has 150 valence electrons. The first-order valence-corrected chi connectivity index (χ1v) is 10.0. The maximum atomic E-state index is 13.0. The van der Waals surface area contributed by atoms with E-state index in [9.17, 15) is 4.79 Å². The van der Waals surface area contributed by atoms with Crippen LogP contribution in [-0.2, 0) is 0 Å². The summed E-state index contributed by atoms with van der Waals surface area (Å²) in [6.07, 6.45) is 8.91. The highest BCUT2D eigenvalue weighted by Crippen LogP contribution is 2.30. The predicted octanol–water partition coefficient (Wildman–Crippen LogP) is 1.90. The van der Waals surface area contributed by atoms with E-state index in [0.717, 1.165) is 25.3 Å². The minimum Gasteiger partial charge on any atom is -0.382 e. The van der Waals surface area contributed by atoms with Gasteiger partial charge in [0.15, 0.2) is 5.65 Å². The van der Waals surface area contributed by atoms with Crippen LogP contribution in [0.25, 0.3) is 5.65 Å². The van der Waals surface area contributed by atoms with E-state index in [-0.39, 0.29) is 16.7 Å². The van der Waals surface area contributed by atoms with E-state index < -0.39 is 0 Å². The Kier molecular flexibility index (Phi) is 4.48. The number of anilines is 3. The summed E-state index contributed by atoms with van der Waals surface area (Å²) in [4.78, 5) is 26.3. The first kappa shape index (κ1) is 18.1. The predicted molar refractivity (Wildman–Crippen MR) is 111 cm³/mol. The summed E-state index contributed by atoms with van der Waals surface area (Å²) in [5.74, 6) is -0.159. The Hall–Kier alpha value is -2.91. The van der Waals surface area contributed by atoms with E-state index in [4.69, 9.17) is 17.3 Å². The zero-order valence-electron chi connectivity index (χ0n) is 15.8. The Bertz CT molecular complexity index is 1080. The molecule has 1 amide bonds. The lowest BCUT2D eigenvalue weighted by Gasteiger charge is -2.39. The fraction of sp³-hybridized carbons (Fsp3) is 0.368. The molecular formula is C19H21ClN8O. The summed E-state index contributed by atoms with van der Waals surface area (Å²) < 4.78 is 1.44. The topological polar surface area (TPSA) is 105 Å². The van der Waals surface area contributed by atoms with Crippen LogP contribution in [0.4, 0.5) is 17.2 Å². The second-order valence-corrected chi connectivity index (χ2v) is 7.83. The lowest BCUT2D eigenvalue weighted by atomic mass is 10.1. The van der Waals surface area contributed by atoms with Gasteiger partial charge < -0.3 is 16.0 Å². The number of halogens is 1. The van der Waals surface area contributed by atoms with Gasteiger partial charge in [-0.15, -0.1) is 0 Å². The number of pyridine rings is 1. The smallest absolute Gasteiger partial charge is 0.261 e. The fourth-order valence-electron chi connectivity index (χ4n) is 4.22. The molecule has 10 heteroatoms. The van der Waals surface area contributed by atoms with Crippen LogP contribution >= 0.6 is 11.6 Å². The molecule has 0 aliphatic carbocycles. The van der Waals surface area contributed by atoms with E-state index in [1.54, 1.807) is 12.4 Å². The monoisotopic (exact) mass is 412 g/mol. The van der Waals surface area contributed by atoms with Crippen LogP contribution in [-0.4, -0.2) is 62.6 Å². The molecule has 2 fully saturated rings. The van der Waals surface area contributed by atoms with E-state index in [1.165, 1.54) is 36.3 Å². The zero-order chi connectivity index (χ0) is 20.0. The average Bonchev–Trinajstić information content (AvgIpc) is 3.35. The van der Waals surface area contributed by atoms with Gasteiger partial charge in [0.05, 0.1) is 30.0 Å². The third-order valence-electron chi connectivity index (χ3n) is 5.69. The first-order chi connectivity index (χ1) is 14.1. The van der Waals surface area contributed by atoms with E-state index >= 15 is 0 Å². The SMILES string of the molecule is Nc1nc2c(C(=O)Nc3cnccc3N3CCN4CCCC4C3)cnn2cc1Cl. The van der Waals surface area contributed by atoms with E-state index in [0.29, 0.717) is 22.9 Å². The van der Waals surface area contributed by atoms with Crippen molar-refractivity contribution in [1.29, 1.82) is 0 Å². The molecule has 1 unspecified atom stereocenters.